The molecule has 2 aliphatic rings. The van der Waals surface area contributed by atoms with Gasteiger partial charge in [0, 0.05) is 32.4 Å². The summed E-state index contributed by atoms with van der Waals surface area (Å²) < 4.78 is 4.92. The number of carbonyl (C=O) groups excluding carboxylic acids is 1. The molecule has 1 atom stereocenters. The summed E-state index contributed by atoms with van der Waals surface area (Å²) in [5, 5.41) is 0. The number of aromatic nitrogens is 1. The number of hydrogen-bond donors (Lipinski definition) is 0. The van der Waals surface area contributed by atoms with Crippen LogP contribution in [-0.4, -0.2) is 49.1 Å². The lowest BCUT2D eigenvalue weighted by Gasteiger charge is -2.22. The Hall–Kier alpha value is -1.62. The number of esters is 1. The maximum Gasteiger partial charge on any atom is 0.312 e. The van der Waals surface area contributed by atoms with Crippen molar-refractivity contribution in [3.05, 3.63) is 23.9 Å². The van der Waals surface area contributed by atoms with Crippen molar-refractivity contribution in [2.75, 3.05) is 38.2 Å². The second-order valence-corrected chi connectivity index (χ2v) is 6.73. The molecule has 5 nitrogen and oxygen atoms in total. The van der Waals surface area contributed by atoms with Gasteiger partial charge in [0.2, 0.25) is 0 Å². The summed E-state index contributed by atoms with van der Waals surface area (Å²) in [6.45, 7) is 6.77. The van der Waals surface area contributed by atoms with E-state index in [1.54, 1.807) is 0 Å². The quantitative estimate of drug-likeness (QED) is 0.797. The van der Waals surface area contributed by atoms with Crippen molar-refractivity contribution in [3.8, 4) is 0 Å². The predicted octanol–water partition coefficient (Wildman–Crippen LogP) is 2.07. The van der Waals surface area contributed by atoms with Crippen molar-refractivity contribution < 1.29 is 9.53 Å². The van der Waals surface area contributed by atoms with E-state index in [-0.39, 0.29) is 11.4 Å². The fourth-order valence-electron chi connectivity index (χ4n) is 3.51. The van der Waals surface area contributed by atoms with E-state index in [4.69, 9.17) is 4.74 Å². The average molecular weight is 303 g/mol. The molecule has 0 amide bonds. The van der Waals surface area contributed by atoms with Crippen LogP contribution in [0, 0.1) is 5.41 Å². The third-order valence-electron chi connectivity index (χ3n) is 4.88. The van der Waals surface area contributed by atoms with Gasteiger partial charge in [0.05, 0.1) is 12.5 Å². The number of anilines is 1. The third kappa shape index (κ3) is 3.09. The van der Waals surface area contributed by atoms with Gasteiger partial charge in [-0.15, -0.1) is 0 Å². The minimum absolute atomic E-state index is 0.0995. The Morgan fingerprint density at radius 2 is 2.09 bits per heavy atom. The number of hydrogen-bond acceptors (Lipinski definition) is 5. The molecular weight excluding hydrogens is 278 g/mol. The molecule has 0 aliphatic carbocycles. The van der Waals surface area contributed by atoms with Gasteiger partial charge in [-0.25, -0.2) is 4.98 Å². The van der Waals surface area contributed by atoms with Gasteiger partial charge in [0.15, 0.2) is 0 Å². The first kappa shape index (κ1) is 15.3. The number of rotatable bonds is 4. The number of nitrogens with zero attached hydrogens (tertiary/aromatic N) is 3. The van der Waals surface area contributed by atoms with Crippen molar-refractivity contribution >= 4 is 11.8 Å². The molecule has 1 aromatic rings. The van der Waals surface area contributed by atoms with Crippen LogP contribution in [0.5, 0.6) is 0 Å². The molecule has 0 aromatic carbocycles. The highest BCUT2D eigenvalue weighted by atomic mass is 16.5. The lowest BCUT2D eigenvalue weighted by atomic mass is 9.90. The zero-order chi connectivity index (χ0) is 15.6. The lowest BCUT2D eigenvalue weighted by Crippen LogP contribution is -2.32. The van der Waals surface area contributed by atoms with Crippen LogP contribution in [0.1, 0.15) is 31.7 Å². The largest absolute Gasteiger partial charge is 0.469 e. The Kier molecular flexibility index (Phi) is 4.34. The van der Waals surface area contributed by atoms with Crippen molar-refractivity contribution in [3.63, 3.8) is 0 Å². The molecule has 5 heteroatoms. The van der Waals surface area contributed by atoms with Gasteiger partial charge >= 0.3 is 5.97 Å². The van der Waals surface area contributed by atoms with Crippen LogP contribution < -0.4 is 4.90 Å². The molecule has 2 fully saturated rings. The third-order valence-corrected chi connectivity index (χ3v) is 4.88. The van der Waals surface area contributed by atoms with Crippen LogP contribution in [0.3, 0.4) is 0 Å². The van der Waals surface area contributed by atoms with Gasteiger partial charge in [-0.2, -0.15) is 0 Å². The fourth-order valence-corrected chi connectivity index (χ4v) is 3.51. The summed E-state index contributed by atoms with van der Waals surface area (Å²) in [5.41, 5.74) is 0.842. The monoisotopic (exact) mass is 303 g/mol. The molecule has 120 valence electrons. The summed E-state index contributed by atoms with van der Waals surface area (Å²) in [6, 6.07) is 4.28. The van der Waals surface area contributed by atoms with E-state index >= 15 is 0 Å². The Bertz CT molecular complexity index is 525. The average Bonchev–Trinajstić information content (AvgIpc) is 3.18. The standard InChI is InChI=1S/C17H25N3O2/c1-17(16(21)22-2)7-10-19(13-17)12-14-5-6-15(18-11-14)20-8-3-4-9-20/h5-6,11H,3-4,7-10,12-13H2,1-2H3/t17-/m0/s1. The number of carbonyl (C=O) groups is 1. The van der Waals surface area contributed by atoms with E-state index in [2.05, 4.69) is 26.9 Å². The minimum atomic E-state index is -0.363. The molecular formula is C17H25N3O2. The van der Waals surface area contributed by atoms with Gasteiger partial charge in [-0.3, -0.25) is 9.69 Å². The second-order valence-electron chi connectivity index (χ2n) is 6.73. The highest BCUT2D eigenvalue weighted by Crippen LogP contribution is 2.32. The number of ether oxygens (including phenoxy) is 1. The minimum Gasteiger partial charge on any atom is -0.469 e. The molecule has 0 N–H and O–H groups in total. The van der Waals surface area contributed by atoms with Crippen molar-refractivity contribution in [1.82, 2.24) is 9.88 Å². The van der Waals surface area contributed by atoms with E-state index in [1.807, 2.05) is 13.1 Å². The summed E-state index contributed by atoms with van der Waals surface area (Å²) in [7, 11) is 1.47. The van der Waals surface area contributed by atoms with E-state index in [0.29, 0.717) is 0 Å². The first-order chi connectivity index (χ1) is 10.6. The second kappa shape index (κ2) is 6.24. The van der Waals surface area contributed by atoms with E-state index in [1.165, 1.54) is 25.5 Å². The molecule has 2 saturated heterocycles. The van der Waals surface area contributed by atoms with Crippen LogP contribution in [0.4, 0.5) is 5.82 Å². The fraction of sp³-hybridized carbons (Fsp3) is 0.647. The van der Waals surface area contributed by atoms with Crippen LogP contribution in [0.25, 0.3) is 0 Å². The molecule has 3 rings (SSSR count). The van der Waals surface area contributed by atoms with E-state index < -0.39 is 0 Å². The predicted molar refractivity (Wildman–Crippen MR) is 85.7 cm³/mol. The molecule has 1 aromatic heterocycles. The SMILES string of the molecule is COC(=O)[C@@]1(C)CCN(Cc2ccc(N3CCCC3)nc2)C1. The molecule has 0 spiro atoms. The first-order valence-corrected chi connectivity index (χ1v) is 8.11. The Morgan fingerprint density at radius 1 is 1.32 bits per heavy atom. The Morgan fingerprint density at radius 3 is 2.73 bits per heavy atom. The van der Waals surface area contributed by atoms with Crippen molar-refractivity contribution in [2.24, 2.45) is 5.41 Å². The van der Waals surface area contributed by atoms with Crippen LogP contribution >= 0.6 is 0 Å². The smallest absolute Gasteiger partial charge is 0.312 e. The number of likely N-dealkylation sites (tertiary alicyclic amines) is 1. The van der Waals surface area contributed by atoms with E-state index in [9.17, 15) is 4.79 Å². The highest BCUT2D eigenvalue weighted by Gasteiger charge is 2.41. The normalized spacial score (nSPS) is 25.6. The lowest BCUT2D eigenvalue weighted by molar-refractivity contribution is -0.151. The summed E-state index contributed by atoms with van der Waals surface area (Å²) in [4.78, 5) is 21.1. The van der Waals surface area contributed by atoms with Crippen molar-refractivity contribution in [1.29, 1.82) is 0 Å². The zero-order valence-corrected chi connectivity index (χ0v) is 13.5. The van der Waals surface area contributed by atoms with Crippen LogP contribution in [0.15, 0.2) is 18.3 Å². The van der Waals surface area contributed by atoms with E-state index in [0.717, 1.165) is 45.0 Å². The van der Waals surface area contributed by atoms with Gasteiger partial charge in [-0.1, -0.05) is 6.07 Å². The van der Waals surface area contributed by atoms with Crippen LogP contribution in [0.2, 0.25) is 0 Å². The zero-order valence-electron chi connectivity index (χ0n) is 13.5. The first-order valence-electron chi connectivity index (χ1n) is 8.11. The number of methoxy groups -OCH3 is 1. The summed E-state index contributed by atoms with van der Waals surface area (Å²) in [6.07, 6.45) is 5.37. The van der Waals surface area contributed by atoms with Gasteiger partial charge in [0.1, 0.15) is 5.82 Å². The Labute approximate surface area is 132 Å². The molecule has 0 bridgehead atoms. The summed E-state index contributed by atoms with van der Waals surface area (Å²) in [5.74, 6) is 0.986. The maximum absolute atomic E-state index is 11.9. The molecule has 0 saturated carbocycles. The van der Waals surface area contributed by atoms with Crippen LogP contribution in [-0.2, 0) is 16.1 Å². The highest BCUT2D eigenvalue weighted by molar-refractivity contribution is 5.77. The molecule has 2 aliphatic heterocycles. The number of pyridine rings is 1. The van der Waals surface area contributed by atoms with Gasteiger partial charge in [0.25, 0.3) is 0 Å². The molecule has 0 radical (unpaired) electrons. The Balaban J connectivity index is 1.58. The topological polar surface area (TPSA) is 45.7 Å². The van der Waals surface area contributed by atoms with Crippen molar-refractivity contribution in [2.45, 2.75) is 32.7 Å². The summed E-state index contributed by atoms with van der Waals surface area (Å²) >= 11 is 0. The van der Waals surface area contributed by atoms with Gasteiger partial charge in [-0.05, 0) is 44.4 Å². The molecule has 22 heavy (non-hydrogen) atoms. The van der Waals surface area contributed by atoms with Gasteiger partial charge < -0.3 is 9.64 Å². The maximum atomic E-state index is 11.9. The molecule has 0 unspecified atom stereocenters. The molecule has 3 heterocycles.